The van der Waals surface area contributed by atoms with E-state index in [0.29, 0.717) is 17.5 Å². The predicted octanol–water partition coefficient (Wildman–Crippen LogP) is 10.9. The van der Waals surface area contributed by atoms with Crippen molar-refractivity contribution in [3.63, 3.8) is 0 Å². The molecule has 2 heterocycles. The maximum absolute atomic E-state index is 5.12. The Balaban J connectivity index is 1.22. The summed E-state index contributed by atoms with van der Waals surface area (Å²) < 4.78 is 0. The number of benzene rings is 9. The molecule has 0 saturated carbocycles. The zero-order valence-corrected chi connectivity index (χ0v) is 34.6. The molecule has 280 valence electrons. The first kappa shape index (κ1) is 35.2. The standard InChI is InChI=1S/C55H41N3Si/c1-34-19-24-41(25-20-34)59(42-26-21-35(2)22-27-42)49-18-12-11-17-45(49)52-50(59)30-29-44-43-28-23-40(33-47(43)46-31-36(3)37(4)32-48(46)51(44)52)55-57-53(38-13-7-5-8-14-38)56-54(58-55)39-15-9-6-10-16-39/h5-33H,1-4H3. The molecule has 1 aromatic heterocycles. The van der Waals surface area contributed by atoms with E-state index in [4.69, 9.17) is 15.0 Å². The highest BCUT2D eigenvalue weighted by molar-refractivity contribution is 7.22. The lowest BCUT2D eigenvalue weighted by Gasteiger charge is -2.31. The summed E-state index contributed by atoms with van der Waals surface area (Å²) in [6.45, 7) is 8.85. The fraction of sp³-hybridized carbons (Fsp3) is 0.0727. The number of fused-ring (bicyclic) bond motifs is 10. The van der Waals surface area contributed by atoms with Crippen molar-refractivity contribution in [1.29, 1.82) is 0 Å². The third-order valence-corrected chi connectivity index (χ3v) is 17.5. The highest BCUT2D eigenvalue weighted by Gasteiger charge is 2.49. The van der Waals surface area contributed by atoms with Crippen LogP contribution in [0.5, 0.6) is 0 Å². The monoisotopic (exact) mass is 771 g/mol. The summed E-state index contributed by atoms with van der Waals surface area (Å²) >= 11 is 0. The quantitative estimate of drug-likeness (QED) is 0.129. The van der Waals surface area contributed by atoms with E-state index in [0.717, 1.165) is 16.7 Å². The van der Waals surface area contributed by atoms with Crippen LogP contribution in [0.2, 0.25) is 0 Å². The van der Waals surface area contributed by atoms with Crippen LogP contribution < -0.4 is 20.7 Å². The topological polar surface area (TPSA) is 38.7 Å². The second kappa shape index (κ2) is 13.5. The molecule has 1 aliphatic rings. The highest BCUT2D eigenvalue weighted by Crippen LogP contribution is 2.44. The Hall–Kier alpha value is -7.01. The normalized spacial score (nSPS) is 12.9. The number of hydrogen-bond acceptors (Lipinski definition) is 3. The number of rotatable bonds is 5. The van der Waals surface area contributed by atoms with Crippen LogP contribution in [0.15, 0.2) is 176 Å². The largest absolute Gasteiger partial charge is 0.208 e. The third-order valence-electron chi connectivity index (χ3n) is 12.6. The van der Waals surface area contributed by atoms with Gasteiger partial charge in [-0.2, -0.15) is 0 Å². The molecule has 0 saturated heterocycles. The smallest absolute Gasteiger partial charge is 0.180 e. The number of hydrogen-bond donors (Lipinski definition) is 0. The molecule has 0 fully saturated rings. The van der Waals surface area contributed by atoms with Gasteiger partial charge in [0.25, 0.3) is 0 Å². The Labute approximate surface area is 345 Å². The zero-order chi connectivity index (χ0) is 39.8. The molecule has 0 atom stereocenters. The van der Waals surface area contributed by atoms with Crippen LogP contribution in [0.3, 0.4) is 0 Å². The summed E-state index contributed by atoms with van der Waals surface area (Å²) in [6.07, 6.45) is 0. The van der Waals surface area contributed by atoms with Gasteiger partial charge in [0.15, 0.2) is 25.5 Å². The Morgan fingerprint density at radius 2 is 0.847 bits per heavy atom. The lowest BCUT2D eigenvalue weighted by molar-refractivity contribution is 1.07. The maximum atomic E-state index is 5.12. The maximum Gasteiger partial charge on any atom is 0.180 e. The third kappa shape index (κ3) is 5.44. The Bertz CT molecular complexity index is 3180. The lowest BCUT2D eigenvalue weighted by Crippen LogP contribution is -2.72. The van der Waals surface area contributed by atoms with Crippen LogP contribution in [-0.4, -0.2) is 23.0 Å². The fourth-order valence-electron chi connectivity index (χ4n) is 9.59. The van der Waals surface area contributed by atoms with Crippen LogP contribution in [0.1, 0.15) is 22.3 Å². The highest BCUT2D eigenvalue weighted by atomic mass is 28.3. The number of nitrogens with zero attached hydrogens (tertiary/aromatic N) is 3. The van der Waals surface area contributed by atoms with E-state index in [1.165, 1.54) is 86.4 Å². The molecular weight excluding hydrogens is 731 g/mol. The van der Waals surface area contributed by atoms with Gasteiger partial charge >= 0.3 is 0 Å². The average Bonchev–Trinajstić information content (AvgIpc) is 3.59. The molecule has 9 aromatic carbocycles. The van der Waals surface area contributed by atoms with Crippen LogP contribution in [0.25, 0.3) is 77.6 Å². The molecule has 0 unspecified atom stereocenters. The molecule has 0 aliphatic carbocycles. The minimum atomic E-state index is -2.71. The van der Waals surface area contributed by atoms with E-state index in [9.17, 15) is 0 Å². The Kier molecular flexibility index (Phi) is 8.07. The second-order valence-electron chi connectivity index (χ2n) is 16.2. The van der Waals surface area contributed by atoms with Gasteiger partial charge in [-0.1, -0.05) is 181 Å². The number of aromatic nitrogens is 3. The van der Waals surface area contributed by atoms with Gasteiger partial charge < -0.3 is 0 Å². The van der Waals surface area contributed by atoms with Gasteiger partial charge in [0, 0.05) is 16.7 Å². The molecule has 10 aromatic rings. The van der Waals surface area contributed by atoms with Gasteiger partial charge in [0.1, 0.15) is 0 Å². The molecule has 0 N–H and O–H groups in total. The van der Waals surface area contributed by atoms with Crippen molar-refractivity contribution >= 4 is 61.1 Å². The minimum absolute atomic E-state index is 0.659. The molecule has 3 nitrogen and oxygen atoms in total. The molecule has 0 spiro atoms. The summed E-state index contributed by atoms with van der Waals surface area (Å²) in [5.74, 6) is 1.98. The molecule has 11 rings (SSSR count). The van der Waals surface area contributed by atoms with Gasteiger partial charge in [-0.25, -0.2) is 15.0 Å². The SMILES string of the molecule is Cc1ccc([Si]2(c3ccc(C)cc3)c3ccccc3-c3c2ccc2c4ccc(-c5nc(-c6ccccc6)nc(-c6ccccc6)n5)cc4c4cc(C)c(C)cc4c32)cc1. The summed E-state index contributed by atoms with van der Waals surface area (Å²) in [4.78, 5) is 15.2. The summed E-state index contributed by atoms with van der Waals surface area (Å²) in [7, 11) is -2.71. The van der Waals surface area contributed by atoms with Crippen molar-refractivity contribution in [3.05, 3.63) is 198 Å². The first-order valence-electron chi connectivity index (χ1n) is 20.4. The van der Waals surface area contributed by atoms with E-state index < -0.39 is 8.07 Å². The van der Waals surface area contributed by atoms with Crippen molar-refractivity contribution in [2.45, 2.75) is 27.7 Å². The molecule has 0 amide bonds. The zero-order valence-electron chi connectivity index (χ0n) is 33.6. The van der Waals surface area contributed by atoms with Crippen LogP contribution in [-0.2, 0) is 0 Å². The summed E-state index contributed by atoms with van der Waals surface area (Å²) in [6, 6.07) is 65.0. The van der Waals surface area contributed by atoms with Crippen molar-refractivity contribution in [2.24, 2.45) is 0 Å². The molecule has 0 radical (unpaired) electrons. The van der Waals surface area contributed by atoms with Gasteiger partial charge in [0.05, 0.1) is 0 Å². The van der Waals surface area contributed by atoms with Crippen molar-refractivity contribution in [2.75, 3.05) is 0 Å². The number of aryl methyl sites for hydroxylation is 4. The van der Waals surface area contributed by atoms with Gasteiger partial charge in [-0.15, -0.1) is 0 Å². The van der Waals surface area contributed by atoms with Crippen molar-refractivity contribution in [3.8, 4) is 45.3 Å². The predicted molar refractivity (Wildman–Crippen MR) is 250 cm³/mol. The van der Waals surface area contributed by atoms with E-state index in [-0.39, 0.29) is 0 Å². The Morgan fingerprint density at radius 3 is 1.44 bits per heavy atom. The van der Waals surface area contributed by atoms with Crippen molar-refractivity contribution < 1.29 is 0 Å². The van der Waals surface area contributed by atoms with Crippen LogP contribution in [0.4, 0.5) is 0 Å². The molecule has 4 heteroatoms. The molecular formula is C55H41N3Si. The van der Waals surface area contributed by atoms with E-state index in [1.54, 1.807) is 0 Å². The summed E-state index contributed by atoms with van der Waals surface area (Å²) in [5, 5.41) is 13.3. The second-order valence-corrected chi connectivity index (χ2v) is 20.0. The first-order chi connectivity index (χ1) is 28.9. The molecule has 59 heavy (non-hydrogen) atoms. The van der Waals surface area contributed by atoms with Crippen LogP contribution in [0, 0.1) is 27.7 Å². The van der Waals surface area contributed by atoms with Gasteiger partial charge in [0.2, 0.25) is 0 Å². The average molecular weight is 772 g/mol. The summed E-state index contributed by atoms with van der Waals surface area (Å²) in [5.41, 5.74) is 10.7. The Morgan fingerprint density at radius 1 is 0.356 bits per heavy atom. The minimum Gasteiger partial charge on any atom is -0.208 e. The molecule has 0 bridgehead atoms. The van der Waals surface area contributed by atoms with Gasteiger partial charge in [-0.3, -0.25) is 0 Å². The van der Waals surface area contributed by atoms with Crippen LogP contribution >= 0.6 is 0 Å². The van der Waals surface area contributed by atoms with E-state index in [1.807, 2.05) is 36.4 Å². The van der Waals surface area contributed by atoms with Gasteiger partial charge in [-0.05, 0) is 109 Å². The first-order valence-corrected chi connectivity index (χ1v) is 22.4. The fourth-order valence-corrected chi connectivity index (χ4v) is 14.7. The molecule has 1 aliphatic heterocycles. The lowest BCUT2D eigenvalue weighted by atomic mass is 9.87. The van der Waals surface area contributed by atoms with E-state index in [2.05, 4.69) is 167 Å². The van der Waals surface area contributed by atoms with Crippen molar-refractivity contribution in [1.82, 2.24) is 15.0 Å². The van der Waals surface area contributed by atoms with E-state index >= 15 is 0 Å².